The summed E-state index contributed by atoms with van der Waals surface area (Å²) in [5, 5.41) is 6.31. The normalized spacial score (nSPS) is 27.9. The average molecular weight is 228 g/mol. The van der Waals surface area contributed by atoms with Crippen LogP contribution in [0.2, 0.25) is 0 Å². The first-order valence-electron chi connectivity index (χ1n) is 5.95. The molecule has 0 aromatic heterocycles. The summed E-state index contributed by atoms with van der Waals surface area (Å²) in [6, 6.07) is 0.0861. The third-order valence-corrected chi connectivity index (χ3v) is 4.33. The third kappa shape index (κ3) is 3.38. The molecule has 0 aliphatic carbocycles. The lowest BCUT2D eigenvalue weighted by molar-refractivity contribution is -0.122. The van der Waals surface area contributed by atoms with Crippen molar-refractivity contribution in [3.8, 4) is 0 Å². The molecule has 86 valence electrons. The molecule has 0 saturated carbocycles. The predicted molar refractivity (Wildman–Crippen MR) is 64.1 cm³/mol. The Kier molecular flexibility index (Phi) is 4.32. The van der Waals surface area contributed by atoms with Crippen LogP contribution in [0.5, 0.6) is 0 Å². The van der Waals surface area contributed by atoms with Crippen molar-refractivity contribution < 1.29 is 4.79 Å². The summed E-state index contributed by atoms with van der Waals surface area (Å²) in [6.07, 6.45) is 4.68. The second kappa shape index (κ2) is 5.75. The zero-order chi connectivity index (χ0) is 10.5. The second-order valence-corrected chi connectivity index (χ2v) is 5.67. The summed E-state index contributed by atoms with van der Waals surface area (Å²) < 4.78 is 0. The van der Waals surface area contributed by atoms with Crippen LogP contribution in [0.3, 0.4) is 0 Å². The lowest BCUT2D eigenvalue weighted by Gasteiger charge is -2.22. The number of amides is 1. The van der Waals surface area contributed by atoms with Crippen molar-refractivity contribution in [3.63, 3.8) is 0 Å². The number of carbonyl (C=O) groups is 1. The van der Waals surface area contributed by atoms with Crippen molar-refractivity contribution in [2.24, 2.45) is 5.92 Å². The number of thioether (sulfide) groups is 1. The quantitative estimate of drug-likeness (QED) is 0.757. The summed E-state index contributed by atoms with van der Waals surface area (Å²) in [5.41, 5.74) is 0. The Labute approximate surface area is 95.8 Å². The van der Waals surface area contributed by atoms with Crippen molar-refractivity contribution in [2.45, 2.75) is 31.7 Å². The van der Waals surface area contributed by atoms with E-state index in [0.717, 1.165) is 31.8 Å². The van der Waals surface area contributed by atoms with E-state index in [9.17, 15) is 4.79 Å². The Morgan fingerprint density at radius 3 is 2.80 bits per heavy atom. The molecule has 0 radical (unpaired) electrons. The van der Waals surface area contributed by atoms with Crippen molar-refractivity contribution in [1.29, 1.82) is 0 Å². The van der Waals surface area contributed by atoms with E-state index >= 15 is 0 Å². The fourth-order valence-corrected chi connectivity index (χ4v) is 3.43. The van der Waals surface area contributed by atoms with Crippen molar-refractivity contribution >= 4 is 17.7 Å². The van der Waals surface area contributed by atoms with Gasteiger partial charge in [-0.05, 0) is 49.7 Å². The van der Waals surface area contributed by atoms with Crippen molar-refractivity contribution in [1.82, 2.24) is 10.6 Å². The number of nitrogens with one attached hydrogen (secondary N) is 2. The maximum Gasteiger partial charge on any atom is 0.237 e. The van der Waals surface area contributed by atoms with Crippen LogP contribution < -0.4 is 10.6 Å². The molecule has 1 amide bonds. The van der Waals surface area contributed by atoms with E-state index < -0.39 is 0 Å². The van der Waals surface area contributed by atoms with Gasteiger partial charge in [0.05, 0.1) is 6.04 Å². The van der Waals surface area contributed by atoms with Crippen LogP contribution in [0.15, 0.2) is 0 Å². The van der Waals surface area contributed by atoms with E-state index in [1.807, 2.05) is 11.8 Å². The van der Waals surface area contributed by atoms with Crippen molar-refractivity contribution in [2.75, 3.05) is 24.6 Å². The zero-order valence-corrected chi connectivity index (χ0v) is 9.94. The van der Waals surface area contributed by atoms with Gasteiger partial charge in [0.2, 0.25) is 5.91 Å². The van der Waals surface area contributed by atoms with Gasteiger partial charge in [-0.15, -0.1) is 0 Å². The maximum atomic E-state index is 11.7. The van der Waals surface area contributed by atoms with Crippen LogP contribution in [0, 0.1) is 5.92 Å². The first kappa shape index (κ1) is 11.3. The minimum atomic E-state index is 0.0861. The fraction of sp³-hybridized carbons (Fsp3) is 0.909. The molecular formula is C11H20N2OS. The molecule has 4 heteroatoms. The topological polar surface area (TPSA) is 41.1 Å². The third-order valence-electron chi connectivity index (χ3n) is 3.28. The molecule has 0 aromatic carbocycles. The molecule has 2 rings (SSSR count). The Hall–Kier alpha value is -0.220. The largest absolute Gasteiger partial charge is 0.354 e. The van der Waals surface area contributed by atoms with Crippen LogP contribution in [-0.4, -0.2) is 36.5 Å². The lowest BCUT2D eigenvalue weighted by atomic mass is 10.0. The van der Waals surface area contributed by atoms with Crippen LogP contribution in [0.1, 0.15) is 25.7 Å². The highest BCUT2D eigenvalue weighted by molar-refractivity contribution is 7.99. The number of rotatable bonds is 3. The van der Waals surface area contributed by atoms with Crippen molar-refractivity contribution in [3.05, 3.63) is 0 Å². The summed E-state index contributed by atoms with van der Waals surface area (Å²) in [5.74, 6) is 3.46. The molecule has 0 bridgehead atoms. The van der Waals surface area contributed by atoms with Crippen LogP contribution in [-0.2, 0) is 4.79 Å². The molecule has 2 aliphatic rings. The van der Waals surface area contributed by atoms with E-state index in [4.69, 9.17) is 0 Å². The maximum absolute atomic E-state index is 11.7. The average Bonchev–Trinajstić information content (AvgIpc) is 2.81. The lowest BCUT2D eigenvalue weighted by Crippen LogP contribution is -2.42. The second-order valence-electron chi connectivity index (χ2n) is 4.45. The van der Waals surface area contributed by atoms with E-state index in [0.29, 0.717) is 0 Å². The number of hydrogen-bond acceptors (Lipinski definition) is 3. The van der Waals surface area contributed by atoms with Crippen LogP contribution in [0.25, 0.3) is 0 Å². The van der Waals surface area contributed by atoms with Crippen LogP contribution >= 0.6 is 11.8 Å². The molecule has 2 heterocycles. The Morgan fingerprint density at radius 1 is 1.33 bits per heavy atom. The highest BCUT2D eigenvalue weighted by Crippen LogP contribution is 2.21. The number of carbonyl (C=O) groups excluding carboxylic acids is 1. The highest BCUT2D eigenvalue weighted by atomic mass is 32.2. The van der Waals surface area contributed by atoms with E-state index in [-0.39, 0.29) is 11.9 Å². The molecule has 3 nitrogen and oxygen atoms in total. The Bertz CT molecular complexity index is 211. The van der Waals surface area contributed by atoms with Gasteiger partial charge in [-0.25, -0.2) is 0 Å². The monoisotopic (exact) mass is 228 g/mol. The van der Waals surface area contributed by atoms with Gasteiger partial charge < -0.3 is 10.6 Å². The van der Waals surface area contributed by atoms with Gasteiger partial charge in [-0.3, -0.25) is 4.79 Å². The van der Waals surface area contributed by atoms with Gasteiger partial charge in [0.15, 0.2) is 0 Å². The molecule has 0 spiro atoms. The van der Waals surface area contributed by atoms with Gasteiger partial charge in [0.1, 0.15) is 0 Å². The molecule has 1 atom stereocenters. The molecule has 15 heavy (non-hydrogen) atoms. The molecule has 0 unspecified atom stereocenters. The molecule has 2 aliphatic heterocycles. The Balaban J connectivity index is 1.65. The van der Waals surface area contributed by atoms with Crippen LogP contribution in [0.4, 0.5) is 0 Å². The van der Waals surface area contributed by atoms with E-state index in [1.165, 1.54) is 24.3 Å². The summed E-state index contributed by atoms with van der Waals surface area (Å²) in [6.45, 7) is 1.88. The number of hydrogen-bond donors (Lipinski definition) is 2. The van der Waals surface area contributed by atoms with E-state index in [1.54, 1.807) is 0 Å². The van der Waals surface area contributed by atoms with Gasteiger partial charge >= 0.3 is 0 Å². The van der Waals surface area contributed by atoms with Gasteiger partial charge in [0.25, 0.3) is 0 Å². The van der Waals surface area contributed by atoms with E-state index in [2.05, 4.69) is 10.6 Å². The summed E-state index contributed by atoms with van der Waals surface area (Å²) in [4.78, 5) is 11.7. The smallest absolute Gasteiger partial charge is 0.237 e. The molecule has 2 saturated heterocycles. The molecule has 0 aromatic rings. The molecule has 2 N–H and O–H groups in total. The molecule has 2 fully saturated rings. The van der Waals surface area contributed by atoms with Gasteiger partial charge in [-0.2, -0.15) is 11.8 Å². The standard InChI is InChI=1S/C11H20N2OS/c14-11(10-2-1-5-12-10)13-8-9-3-6-15-7-4-9/h9-10,12H,1-8H2,(H,13,14)/t10-/m0/s1. The van der Waals surface area contributed by atoms with Gasteiger partial charge in [-0.1, -0.05) is 0 Å². The predicted octanol–water partition coefficient (Wildman–Crippen LogP) is 0.998. The highest BCUT2D eigenvalue weighted by Gasteiger charge is 2.22. The minimum absolute atomic E-state index is 0.0861. The molecular weight excluding hydrogens is 208 g/mol. The SMILES string of the molecule is O=C(NCC1CCSCC1)[C@@H]1CCCN1. The summed E-state index contributed by atoms with van der Waals surface area (Å²) in [7, 11) is 0. The Morgan fingerprint density at radius 2 is 2.13 bits per heavy atom. The fourth-order valence-electron chi connectivity index (χ4n) is 2.23. The minimum Gasteiger partial charge on any atom is -0.354 e. The zero-order valence-electron chi connectivity index (χ0n) is 9.13. The summed E-state index contributed by atoms with van der Waals surface area (Å²) >= 11 is 2.03. The first-order chi connectivity index (χ1) is 7.36. The first-order valence-corrected chi connectivity index (χ1v) is 7.10. The van der Waals surface area contributed by atoms with Gasteiger partial charge in [0, 0.05) is 6.54 Å².